The van der Waals surface area contributed by atoms with Crippen LogP contribution in [0.4, 0.5) is 13.2 Å². The van der Waals surface area contributed by atoms with Crippen LogP contribution in [-0.2, 0) is 11.0 Å². The van der Waals surface area contributed by atoms with Gasteiger partial charge in [0, 0.05) is 17.1 Å². The Morgan fingerprint density at radius 3 is 2.71 bits per heavy atom. The molecule has 0 aliphatic rings. The van der Waals surface area contributed by atoms with E-state index in [1.54, 1.807) is 6.07 Å². The van der Waals surface area contributed by atoms with Gasteiger partial charge in [-0.2, -0.15) is 13.2 Å². The van der Waals surface area contributed by atoms with Crippen molar-refractivity contribution in [1.82, 2.24) is 5.43 Å². The second-order valence-corrected chi connectivity index (χ2v) is 4.36. The predicted molar refractivity (Wildman–Crippen MR) is 59.1 cm³/mol. The molecule has 0 heterocycles. The smallest absolute Gasteiger partial charge is 0.294 e. The Kier molecular flexibility index (Phi) is 4.83. The predicted octanol–water partition coefficient (Wildman–Crippen LogP) is 2.18. The Bertz CT molecular complexity index is 395. The molecule has 0 bridgehead atoms. The van der Waals surface area contributed by atoms with Gasteiger partial charge in [0.2, 0.25) is 5.91 Å². The molecule has 17 heavy (non-hydrogen) atoms. The largest absolute Gasteiger partial charge is 0.416 e. The van der Waals surface area contributed by atoms with Gasteiger partial charge in [-0.25, -0.2) is 5.84 Å². The van der Waals surface area contributed by atoms with Crippen LogP contribution in [0.5, 0.6) is 0 Å². The van der Waals surface area contributed by atoms with Crippen LogP contribution >= 0.6 is 11.8 Å². The molecule has 0 aliphatic heterocycles. The van der Waals surface area contributed by atoms with Crippen LogP contribution in [0.25, 0.3) is 0 Å². The van der Waals surface area contributed by atoms with Crippen molar-refractivity contribution in [2.75, 3.05) is 5.75 Å². The Labute approximate surface area is 101 Å². The van der Waals surface area contributed by atoms with E-state index in [-0.39, 0.29) is 12.3 Å². The van der Waals surface area contributed by atoms with E-state index in [4.69, 9.17) is 5.84 Å². The molecule has 0 unspecified atom stereocenters. The minimum absolute atomic E-state index is 0.164. The lowest BCUT2D eigenvalue weighted by molar-refractivity contribution is -0.137. The van der Waals surface area contributed by atoms with E-state index in [1.165, 1.54) is 17.8 Å². The van der Waals surface area contributed by atoms with Gasteiger partial charge in [0.25, 0.3) is 0 Å². The van der Waals surface area contributed by atoms with Gasteiger partial charge in [0.15, 0.2) is 0 Å². The number of benzene rings is 1. The summed E-state index contributed by atoms with van der Waals surface area (Å²) in [7, 11) is 0. The summed E-state index contributed by atoms with van der Waals surface area (Å²) in [5.41, 5.74) is 1.27. The van der Waals surface area contributed by atoms with Crippen molar-refractivity contribution in [2.45, 2.75) is 17.5 Å². The van der Waals surface area contributed by atoms with E-state index in [0.717, 1.165) is 12.1 Å². The Balaban J connectivity index is 2.58. The first-order valence-electron chi connectivity index (χ1n) is 4.73. The zero-order chi connectivity index (χ0) is 12.9. The maximum atomic E-state index is 12.4. The monoisotopic (exact) mass is 264 g/mol. The summed E-state index contributed by atoms with van der Waals surface area (Å²) in [5, 5.41) is 0. The maximum Gasteiger partial charge on any atom is 0.416 e. The third kappa shape index (κ3) is 4.66. The second-order valence-electron chi connectivity index (χ2n) is 3.19. The number of hydrogen-bond donors (Lipinski definition) is 2. The van der Waals surface area contributed by atoms with Crippen molar-refractivity contribution in [3.05, 3.63) is 29.8 Å². The zero-order valence-electron chi connectivity index (χ0n) is 8.75. The molecule has 0 spiro atoms. The van der Waals surface area contributed by atoms with E-state index < -0.39 is 11.7 Å². The number of amides is 1. The quantitative estimate of drug-likeness (QED) is 0.379. The molecule has 0 saturated carbocycles. The third-order valence-electron chi connectivity index (χ3n) is 1.92. The van der Waals surface area contributed by atoms with E-state index in [0.29, 0.717) is 10.6 Å². The summed E-state index contributed by atoms with van der Waals surface area (Å²) in [6.45, 7) is 0. The van der Waals surface area contributed by atoms with Crippen molar-refractivity contribution in [1.29, 1.82) is 0 Å². The first-order valence-corrected chi connectivity index (χ1v) is 5.71. The van der Waals surface area contributed by atoms with Gasteiger partial charge >= 0.3 is 6.18 Å². The molecule has 0 aliphatic carbocycles. The molecule has 0 saturated heterocycles. The van der Waals surface area contributed by atoms with Crippen LogP contribution in [0.1, 0.15) is 12.0 Å². The molecular formula is C10H11F3N2OS. The van der Waals surface area contributed by atoms with E-state index >= 15 is 0 Å². The highest BCUT2D eigenvalue weighted by atomic mass is 32.2. The molecule has 0 atom stereocenters. The molecule has 1 aromatic carbocycles. The summed E-state index contributed by atoms with van der Waals surface area (Å²) in [5.74, 6) is 4.91. The number of carbonyl (C=O) groups excluding carboxylic acids is 1. The lowest BCUT2D eigenvalue weighted by atomic mass is 10.2. The van der Waals surface area contributed by atoms with Crippen molar-refractivity contribution < 1.29 is 18.0 Å². The molecule has 3 N–H and O–H groups in total. The van der Waals surface area contributed by atoms with Gasteiger partial charge in [-0.3, -0.25) is 10.2 Å². The van der Waals surface area contributed by atoms with Gasteiger partial charge in [0.05, 0.1) is 5.56 Å². The van der Waals surface area contributed by atoms with Crippen LogP contribution in [0.15, 0.2) is 29.2 Å². The van der Waals surface area contributed by atoms with E-state index in [2.05, 4.69) is 0 Å². The summed E-state index contributed by atoms with van der Waals surface area (Å²) >= 11 is 1.18. The highest BCUT2D eigenvalue weighted by Crippen LogP contribution is 2.31. The SMILES string of the molecule is NNC(=O)CCSc1cccc(C(F)(F)F)c1. The summed E-state index contributed by atoms with van der Waals surface area (Å²) < 4.78 is 37.1. The zero-order valence-corrected chi connectivity index (χ0v) is 9.57. The van der Waals surface area contributed by atoms with Gasteiger partial charge in [-0.15, -0.1) is 11.8 Å². The number of thioether (sulfide) groups is 1. The molecule has 7 heteroatoms. The number of halogens is 3. The van der Waals surface area contributed by atoms with Crippen LogP contribution in [-0.4, -0.2) is 11.7 Å². The van der Waals surface area contributed by atoms with Gasteiger partial charge in [-0.05, 0) is 18.2 Å². The average Bonchev–Trinajstić information content (AvgIpc) is 2.28. The number of carbonyl (C=O) groups is 1. The number of rotatable bonds is 4. The Morgan fingerprint density at radius 1 is 1.41 bits per heavy atom. The minimum Gasteiger partial charge on any atom is -0.294 e. The van der Waals surface area contributed by atoms with Crippen LogP contribution < -0.4 is 11.3 Å². The maximum absolute atomic E-state index is 12.4. The van der Waals surface area contributed by atoms with Crippen LogP contribution in [0.3, 0.4) is 0 Å². The van der Waals surface area contributed by atoms with Crippen molar-refractivity contribution >= 4 is 17.7 Å². The fourth-order valence-electron chi connectivity index (χ4n) is 1.10. The number of hydrazine groups is 1. The molecule has 0 fully saturated rings. The van der Waals surface area contributed by atoms with Crippen molar-refractivity contribution in [3.63, 3.8) is 0 Å². The number of nitrogens with one attached hydrogen (secondary N) is 1. The first kappa shape index (κ1) is 13.9. The molecule has 1 rings (SSSR count). The summed E-state index contributed by atoms with van der Waals surface area (Å²) in [6, 6.07) is 4.98. The topological polar surface area (TPSA) is 55.1 Å². The summed E-state index contributed by atoms with van der Waals surface area (Å²) in [4.78, 5) is 11.3. The van der Waals surface area contributed by atoms with Crippen LogP contribution in [0.2, 0.25) is 0 Å². The third-order valence-corrected chi connectivity index (χ3v) is 2.92. The Hall–Kier alpha value is -1.21. The van der Waals surface area contributed by atoms with Gasteiger partial charge < -0.3 is 0 Å². The number of alkyl halides is 3. The normalized spacial score (nSPS) is 11.3. The van der Waals surface area contributed by atoms with Crippen LogP contribution in [0, 0.1) is 0 Å². The summed E-state index contributed by atoms with van der Waals surface area (Å²) in [6.07, 6.45) is -4.18. The molecular weight excluding hydrogens is 253 g/mol. The van der Waals surface area contributed by atoms with Gasteiger partial charge in [-0.1, -0.05) is 6.07 Å². The minimum atomic E-state index is -4.34. The Morgan fingerprint density at radius 2 is 2.12 bits per heavy atom. The lowest BCUT2D eigenvalue weighted by Crippen LogP contribution is -2.30. The first-order chi connectivity index (χ1) is 7.93. The molecule has 3 nitrogen and oxygen atoms in total. The lowest BCUT2D eigenvalue weighted by Gasteiger charge is -2.08. The van der Waals surface area contributed by atoms with Gasteiger partial charge in [0.1, 0.15) is 0 Å². The fraction of sp³-hybridized carbons (Fsp3) is 0.300. The number of nitrogens with two attached hydrogens (primary N) is 1. The molecule has 1 aromatic rings. The molecule has 0 aromatic heterocycles. The highest BCUT2D eigenvalue weighted by molar-refractivity contribution is 7.99. The average molecular weight is 264 g/mol. The van der Waals surface area contributed by atoms with E-state index in [9.17, 15) is 18.0 Å². The fourth-order valence-corrected chi connectivity index (χ4v) is 2.00. The number of hydrogen-bond acceptors (Lipinski definition) is 3. The molecule has 94 valence electrons. The highest BCUT2D eigenvalue weighted by Gasteiger charge is 2.30. The molecule has 1 amide bonds. The van der Waals surface area contributed by atoms with E-state index in [1.807, 2.05) is 5.43 Å². The standard InChI is InChI=1S/C10H11F3N2OS/c11-10(12,13)7-2-1-3-8(6-7)17-5-4-9(16)15-14/h1-3,6H,4-5,14H2,(H,15,16). The van der Waals surface area contributed by atoms with Crippen molar-refractivity contribution in [3.8, 4) is 0 Å². The second kappa shape index (κ2) is 5.92. The molecule has 0 radical (unpaired) electrons. The van der Waals surface area contributed by atoms with Crippen molar-refractivity contribution in [2.24, 2.45) is 5.84 Å².